The molecule has 0 spiro atoms. The summed E-state index contributed by atoms with van der Waals surface area (Å²) < 4.78 is 13.6. The lowest BCUT2D eigenvalue weighted by Crippen LogP contribution is -2.49. The van der Waals surface area contributed by atoms with Crippen LogP contribution < -0.4 is 5.73 Å². The van der Waals surface area contributed by atoms with E-state index in [1.807, 2.05) is 6.26 Å². The Labute approximate surface area is 203 Å². The van der Waals surface area contributed by atoms with Crippen LogP contribution in [0.25, 0.3) is 11.2 Å². The van der Waals surface area contributed by atoms with Gasteiger partial charge in [0.25, 0.3) is 0 Å². The van der Waals surface area contributed by atoms with Crippen LogP contribution in [0.1, 0.15) is 38.3 Å². The van der Waals surface area contributed by atoms with Gasteiger partial charge >= 0.3 is 6.09 Å². The summed E-state index contributed by atoms with van der Waals surface area (Å²) in [4.78, 5) is 29.9. The third kappa shape index (κ3) is 4.56. The van der Waals surface area contributed by atoms with Gasteiger partial charge in [-0.15, -0.1) is 0 Å². The molecule has 0 aliphatic carbocycles. The summed E-state index contributed by atoms with van der Waals surface area (Å²) in [5.41, 5.74) is 6.80. The van der Waals surface area contributed by atoms with Gasteiger partial charge in [-0.2, -0.15) is 11.8 Å². The van der Waals surface area contributed by atoms with Crippen molar-refractivity contribution in [3.63, 3.8) is 0 Å². The largest absolute Gasteiger partial charge is 0.440 e. The summed E-state index contributed by atoms with van der Waals surface area (Å²) in [5.74, 6) is 0.833. The van der Waals surface area contributed by atoms with Gasteiger partial charge in [-0.25, -0.2) is 19.7 Å². The van der Waals surface area contributed by atoms with Crippen molar-refractivity contribution in [1.29, 1.82) is 0 Å². The lowest BCUT2D eigenvalue weighted by Gasteiger charge is -2.40. The zero-order chi connectivity index (χ0) is 23.7. The van der Waals surface area contributed by atoms with Crippen LogP contribution in [0.5, 0.6) is 0 Å². The van der Waals surface area contributed by atoms with Crippen LogP contribution >= 0.6 is 11.8 Å². The van der Waals surface area contributed by atoms with Crippen molar-refractivity contribution in [1.82, 2.24) is 29.3 Å². The number of hydrogen-bond acceptors (Lipinski definition) is 10. The van der Waals surface area contributed by atoms with Gasteiger partial charge in [0.15, 0.2) is 23.8 Å². The summed E-state index contributed by atoms with van der Waals surface area (Å²) in [6.45, 7) is 3.67. The van der Waals surface area contributed by atoms with E-state index >= 15 is 0 Å². The highest BCUT2D eigenvalue weighted by molar-refractivity contribution is 7.98. The van der Waals surface area contributed by atoms with E-state index in [1.54, 1.807) is 21.2 Å². The number of rotatable bonds is 5. The van der Waals surface area contributed by atoms with Crippen molar-refractivity contribution < 1.29 is 19.4 Å². The number of amides is 1. The van der Waals surface area contributed by atoms with Crippen molar-refractivity contribution in [2.75, 3.05) is 43.9 Å². The van der Waals surface area contributed by atoms with Gasteiger partial charge in [0.1, 0.15) is 24.1 Å². The molecule has 0 aromatic carbocycles. The van der Waals surface area contributed by atoms with E-state index in [0.29, 0.717) is 36.0 Å². The third-order valence-corrected chi connectivity index (χ3v) is 7.83. The number of fused-ring (bicyclic) bond motifs is 1. The second-order valence-electron chi connectivity index (χ2n) is 9.26. The van der Waals surface area contributed by atoms with E-state index < -0.39 is 30.6 Å². The van der Waals surface area contributed by atoms with Crippen LogP contribution in [0.4, 0.5) is 10.6 Å². The lowest BCUT2D eigenvalue weighted by atomic mass is 10.0. The average molecular weight is 492 g/mol. The molecule has 3 N–H and O–H groups in total. The Hall–Kier alpha value is -2.15. The fraction of sp³-hybridized carbons (Fsp3) is 0.727. The molecule has 186 valence electrons. The highest BCUT2D eigenvalue weighted by Crippen LogP contribution is 2.35. The van der Waals surface area contributed by atoms with E-state index in [1.165, 1.54) is 31.9 Å². The van der Waals surface area contributed by atoms with E-state index in [0.717, 1.165) is 25.9 Å². The molecule has 5 rings (SSSR count). The Kier molecular flexibility index (Phi) is 7.09. The quantitative estimate of drug-likeness (QED) is 0.634. The summed E-state index contributed by atoms with van der Waals surface area (Å²) >= 11 is 1.57. The number of hydrogen-bond donors (Lipinski definition) is 2. The van der Waals surface area contributed by atoms with E-state index in [2.05, 4.69) is 19.9 Å². The van der Waals surface area contributed by atoms with Crippen LogP contribution in [0.3, 0.4) is 0 Å². The molecule has 34 heavy (non-hydrogen) atoms. The maximum absolute atomic E-state index is 13.0. The lowest BCUT2D eigenvalue weighted by molar-refractivity contribution is -0.0294. The van der Waals surface area contributed by atoms with Gasteiger partial charge in [-0.1, -0.05) is 6.42 Å². The fourth-order valence-electron chi connectivity index (χ4n) is 5.34. The number of aromatic nitrogens is 4. The number of ether oxygens (including phenoxy) is 2. The van der Waals surface area contributed by atoms with Crippen molar-refractivity contribution in [3.05, 3.63) is 12.7 Å². The van der Waals surface area contributed by atoms with Gasteiger partial charge in [0.2, 0.25) is 0 Å². The second kappa shape index (κ2) is 10.2. The Bertz CT molecular complexity index is 993. The maximum Gasteiger partial charge on any atom is 0.410 e. The standard InChI is InChI=1S/C22H33N7O4S/c1-34-11-15-18(17(30)21(32-15)29-13-26-16-19(23)24-12-25-20(16)29)33-22(31)28-9-5-14(6-10-28)27-7-3-2-4-8-27/h12-15,17-18,21,30H,2-11H2,1H3,(H2,23,24,25)/t15-,17-,18-,21-/m1/s1. The molecule has 2 aromatic heterocycles. The van der Waals surface area contributed by atoms with E-state index in [4.69, 9.17) is 15.2 Å². The summed E-state index contributed by atoms with van der Waals surface area (Å²) in [7, 11) is 0. The number of aliphatic hydroxyl groups is 1. The van der Waals surface area contributed by atoms with Gasteiger partial charge in [-0.05, 0) is 45.0 Å². The molecular weight excluding hydrogens is 458 g/mol. The number of thioether (sulfide) groups is 1. The Morgan fingerprint density at radius 1 is 1.21 bits per heavy atom. The van der Waals surface area contributed by atoms with Gasteiger partial charge in [0.05, 0.1) is 6.33 Å². The zero-order valence-electron chi connectivity index (χ0n) is 19.5. The topological polar surface area (TPSA) is 132 Å². The van der Waals surface area contributed by atoms with Crippen LogP contribution in [0.15, 0.2) is 12.7 Å². The van der Waals surface area contributed by atoms with Crippen molar-refractivity contribution in [3.8, 4) is 0 Å². The molecule has 0 radical (unpaired) electrons. The number of carbonyl (C=O) groups is 1. The molecule has 5 heterocycles. The van der Waals surface area contributed by atoms with E-state index in [9.17, 15) is 9.90 Å². The van der Waals surface area contributed by atoms with Crippen molar-refractivity contribution in [2.24, 2.45) is 0 Å². The molecule has 0 bridgehead atoms. The average Bonchev–Trinajstić information content (AvgIpc) is 3.42. The molecular formula is C22H33N7O4S. The summed E-state index contributed by atoms with van der Waals surface area (Å²) in [5, 5.41) is 11.1. The summed E-state index contributed by atoms with van der Waals surface area (Å²) in [6.07, 6.45) is 7.09. The predicted molar refractivity (Wildman–Crippen MR) is 128 cm³/mol. The number of likely N-dealkylation sites (tertiary alicyclic amines) is 2. The Morgan fingerprint density at radius 2 is 1.97 bits per heavy atom. The third-order valence-electron chi connectivity index (χ3n) is 7.17. The van der Waals surface area contributed by atoms with E-state index in [-0.39, 0.29) is 5.82 Å². The first-order valence-electron chi connectivity index (χ1n) is 12.0. The SMILES string of the molecule is CSC[C@H]1O[C@@H](n2cnc3c(N)ncnc32)[C@H](O)[C@@H]1OC(=O)N1CCC(N2CCCCC2)CC1. The van der Waals surface area contributed by atoms with Crippen molar-refractivity contribution >= 4 is 34.8 Å². The normalized spacial score (nSPS) is 29.1. The molecule has 12 heteroatoms. The predicted octanol–water partition coefficient (Wildman–Crippen LogP) is 1.49. The molecule has 1 amide bonds. The van der Waals surface area contributed by atoms with Crippen LogP contribution in [-0.4, -0.2) is 103 Å². The van der Waals surface area contributed by atoms with Crippen molar-refractivity contribution in [2.45, 2.75) is 62.7 Å². The number of nitrogen functional groups attached to an aromatic ring is 1. The van der Waals surface area contributed by atoms with Gasteiger partial charge in [-0.3, -0.25) is 4.57 Å². The molecule has 3 saturated heterocycles. The Balaban J connectivity index is 1.25. The molecule has 0 unspecified atom stereocenters. The monoisotopic (exact) mass is 491 g/mol. The number of anilines is 1. The van der Waals surface area contributed by atoms with Crippen LogP contribution in [0, 0.1) is 0 Å². The molecule has 4 atom stereocenters. The first kappa shape index (κ1) is 23.6. The molecule has 3 fully saturated rings. The van der Waals surface area contributed by atoms with Crippen LogP contribution in [0.2, 0.25) is 0 Å². The van der Waals surface area contributed by atoms with Crippen LogP contribution in [-0.2, 0) is 9.47 Å². The van der Waals surface area contributed by atoms with Gasteiger partial charge in [0, 0.05) is 24.9 Å². The van der Waals surface area contributed by atoms with Gasteiger partial charge < -0.3 is 30.1 Å². The molecule has 2 aromatic rings. The first-order valence-corrected chi connectivity index (χ1v) is 13.4. The minimum Gasteiger partial charge on any atom is -0.440 e. The zero-order valence-corrected chi connectivity index (χ0v) is 20.3. The molecule has 3 aliphatic heterocycles. The highest BCUT2D eigenvalue weighted by Gasteiger charge is 2.48. The highest BCUT2D eigenvalue weighted by atomic mass is 32.2. The smallest absolute Gasteiger partial charge is 0.410 e. The minimum absolute atomic E-state index is 0.257. The fourth-order valence-corrected chi connectivity index (χ4v) is 5.93. The molecule has 11 nitrogen and oxygen atoms in total. The maximum atomic E-state index is 13.0. The summed E-state index contributed by atoms with van der Waals surface area (Å²) in [6, 6.07) is 0.544. The number of carbonyl (C=O) groups excluding carboxylic acids is 1. The number of piperidine rings is 2. The molecule has 3 aliphatic rings. The number of aliphatic hydroxyl groups excluding tert-OH is 1. The molecule has 0 saturated carbocycles. The number of nitrogens with two attached hydrogens (primary N) is 1. The number of nitrogens with zero attached hydrogens (tertiary/aromatic N) is 6. The Morgan fingerprint density at radius 3 is 2.71 bits per heavy atom. The second-order valence-corrected chi connectivity index (χ2v) is 10.2. The first-order chi connectivity index (χ1) is 16.6. The minimum atomic E-state index is -1.07. The number of imidazole rings is 1.